The average Bonchev–Trinajstić information content (AvgIpc) is 2.68. The van der Waals surface area contributed by atoms with Gasteiger partial charge >= 0.3 is 0 Å². The summed E-state index contributed by atoms with van der Waals surface area (Å²) in [7, 11) is 1.62. The highest BCUT2D eigenvalue weighted by atomic mass is 16.5. The Balaban J connectivity index is 1.90. The monoisotopic (exact) mass is 363 g/mol. The van der Waals surface area contributed by atoms with Crippen LogP contribution < -0.4 is 15.4 Å². The Kier molecular flexibility index (Phi) is 7.15. The second-order valence-electron chi connectivity index (χ2n) is 5.81. The molecule has 2 rings (SSSR count). The van der Waals surface area contributed by atoms with E-state index in [0.29, 0.717) is 17.8 Å². The third-order valence-electron chi connectivity index (χ3n) is 3.86. The summed E-state index contributed by atoms with van der Waals surface area (Å²) in [4.78, 5) is 23.6. The van der Waals surface area contributed by atoms with E-state index in [1.54, 1.807) is 31.4 Å². The van der Waals surface area contributed by atoms with Gasteiger partial charge in [-0.15, -0.1) is 0 Å². The molecule has 0 atom stereocenters. The van der Waals surface area contributed by atoms with Crippen LogP contribution in [0, 0.1) is 11.3 Å². The molecular weight excluding hydrogens is 342 g/mol. The zero-order chi connectivity index (χ0) is 19.6. The average molecular weight is 363 g/mol. The number of methoxy groups -OCH3 is 1. The number of nitrogens with zero attached hydrogens (tertiary/aromatic N) is 1. The Morgan fingerprint density at radius 1 is 1.19 bits per heavy atom. The minimum atomic E-state index is -0.532. The van der Waals surface area contributed by atoms with Crippen molar-refractivity contribution in [3.8, 4) is 11.8 Å². The summed E-state index contributed by atoms with van der Waals surface area (Å²) >= 11 is 0. The molecule has 0 spiro atoms. The summed E-state index contributed by atoms with van der Waals surface area (Å²) in [6.45, 7) is 2.03. The number of nitrogens with one attached hydrogen (secondary N) is 2. The molecule has 0 bridgehead atoms. The van der Waals surface area contributed by atoms with Crippen LogP contribution in [-0.4, -0.2) is 25.3 Å². The lowest BCUT2D eigenvalue weighted by Gasteiger charge is -2.07. The van der Waals surface area contributed by atoms with Crippen molar-refractivity contribution in [2.45, 2.75) is 13.3 Å². The van der Waals surface area contributed by atoms with Crippen molar-refractivity contribution in [1.82, 2.24) is 5.32 Å². The second-order valence-corrected chi connectivity index (χ2v) is 5.81. The third kappa shape index (κ3) is 6.01. The number of anilines is 1. The molecule has 2 aromatic rings. The van der Waals surface area contributed by atoms with E-state index in [9.17, 15) is 14.9 Å². The fraction of sp³-hybridized carbons (Fsp3) is 0.190. The van der Waals surface area contributed by atoms with Gasteiger partial charge in [0.2, 0.25) is 0 Å². The van der Waals surface area contributed by atoms with Gasteiger partial charge in [-0.05, 0) is 43.2 Å². The van der Waals surface area contributed by atoms with E-state index in [1.807, 2.05) is 30.3 Å². The molecular formula is C21H21N3O3. The topological polar surface area (TPSA) is 91.2 Å². The summed E-state index contributed by atoms with van der Waals surface area (Å²) in [5, 5.41) is 14.8. The van der Waals surface area contributed by atoms with Crippen molar-refractivity contribution in [3.05, 3.63) is 71.4 Å². The van der Waals surface area contributed by atoms with Crippen LogP contribution in [0.25, 0.3) is 0 Å². The van der Waals surface area contributed by atoms with E-state index < -0.39 is 5.91 Å². The van der Waals surface area contributed by atoms with E-state index in [-0.39, 0.29) is 11.4 Å². The van der Waals surface area contributed by atoms with Crippen molar-refractivity contribution in [3.63, 3.8) is 0 Å². The van der Waals surface area contributed by atoms with Crippen LogP contribution in [0.1, 0.15) is 22.8 Å². The predicted octanol–water partition coefficient (Wildman–Crippen LogP) is 3.08. The normalized spacial score (nSPS) is 10.6. The number of carbonyl (C=O) groups is 2. The highest BCUT2D eigenvalue weighted by Gasteiger charge is 2.10. The highest BCUT2D eigenvalue weighted by Crippen LogP contribution is 2.13. The van der Waals surface area contributed by atoms with Gasteiger partial charge in [0, 0.05) is 24.0 Å². The second kappa shape index (κ2) is 9.78. The summed E-state index contributed by atoms with van der Waals surface area (Å²) in [6, 6.07) is 16.1. The number of nitriles is 1. The number of benzene rings is 2. The molecule has 138 valence electrons. The number of Topliss-reactive ketones (excluding diaryl/α,β-unsaturated/α-hetero) is 1. The number of ether oxygens (including phenoxy) is 1. The van der Waals surface area contributed by atoms with Gasteiger partial charge in [0.05, 0.1) is 7.11 Å². The molecule has 0 saturated heterocycles. The van der Waals surface area contributed by atoms with Gasteiger partial charge in [-0.1, -0.05) is 24.3 Å². The maximum Gasteiger partial charge on any atom is 0.267 e. The SMILES string of the molecule is COc1ccc(CCN/C=C(/C#N)C(=O)Nc2cccc(C(C)=O)c2)cc1. The summed E-state index contributed by atoms with van der Waals surface area (Å²) in [6.07, 6.45) is 2.13. The van der Waals surface area contributed by atoms with Crippen molar-refractivity contribution in [1.29, 1.82) is 5.26 Å². The Labute approximate surface area is 158 Å². The number of hydrogen-bond donors (Lipinski definition) is 2. The van der Waals surface area contributed by atoms with E-state index in [2.05, 4.69) is 10.6 Å². The van der Waals surface area contributed by atoms with Crippen LogP contribution >= 0.6 is 0 Å². The molecule has 0 aliphatic heterocycles. The van der Waals surface area contributed by atoms with Crippen LogP contribution in [0.4, 0.5) is 5.69 Å². The van der Waals surface area contributed by atoms with Gasteiger partial charge < -0.3 is 15.4 Å². The summed E-state index contributed by atoms with van der Waals surface area (Å²) in [5.74, 6) is 0.168. The highest BCUT2D eigenvalue weighted by molar-refractivity contribution is 6.07. The standard InChI is InChI=1S/C21H21N3O3/c1-15(25)17-4-3-5-19(12-17)24-21(26)18(13-22)14-23-11-10-16-6-8-20(27-2)9-7-16/h3-9,12,14,23H,10-11H2,1-2H3,(H,24,26)/b18-14-. The van der Waals surface area contributed by atoms with Crippen molar-refractivity contribution < 1.29 is 14.3 Å². The lowest BCUT2D eigenvalue weighted by atomic mass is 10.1. The fourth-order valence-corrected chi connectivity index (χ4v) is 2.35. The minimum absolute atomic E-state index is 0.0436. The molecule has 2 aromatic carbocycles. The van der Waals surface area contributed by atoms with Gasteiger partial charge in [0.15, 0.2) is 5.78 Å². The predicted molar refractivity (Wildman–Crippen MR) is 103 cm³/mol. The first-order valence-corrected chi connectivity index (χ1v) is 8.42. The molecule has 0 radical (unpaired) electrons. The van der Waals surface area contributed by atoms with E-state index in [0.717, 1.165) is 17.7 Å². The quantitative estimate of drug-likeness (QED) is 0.325. The lowest BCUT2D eigenvalue weighted by Crippen LogP contribution is -2.18. The molecule has 0 saturated carbocycles. The van der Waals surface area contributed by atoms with Gasteiger partial charge in [-0.25, -0.2) is 0 Å². The fourth-order valence-electron chi connectivity index (χ4n) is 2.35. The Hall–Kier alpha value is -3.59. The molecule has 27 heavy (non-hydrogen) atoms. The van der Waals surface area contributed by atoms with Crippen molar-refractivity contribution >= 4 is 17.4 Å². The Morgan fingerprint density at radius 2 is 1.93 bits per heavy atom. The zero-order valence-electron chi connectivity index (χ0n) is 15.3. The van der Waals surface area contributed by atoms with E-state index in [1.165, 1.54) is 13.1 Å². The Morgan fingerprint density at radius 3 is 2.56 bits per heavy atom. The van der Waals surface area contributed by atoms with Crippen LogP contribution in [0.3, 0.4) is 0 Å². The van der Waals surface area contributed by atoms with Gasteiger partial charge in [-0.3, -0.25) is 9.59 Å². The number of amides is 1. The number of ketones is 1. The van der Waals surface area contributed by atoms with Gasteiger partial charge in [-0.2, -0.15) is 5.26 Å². The molecule has 0 aliphatic carbocycles. The first kappa shape index (κ1) is 19.7. The van der Waals surface area contributed by atoms with Crippen LogP contribution in [0.2, 0.25) is 0 Å². The van der Waals surface area contributed by atoms with E-state index in [4.69, 9.17) is 4.74 Å². The molecule has 0 heterocycles. The smallest absolute Gasteiger partial charge is 0.267 e. The lowest BCUT2D eigenvalue weighted by molar-refractivity contribution is -0.112. The van der Waals surface area contributed by atoms with Crippen LogP contribution in [0.5, 0.6) is 5.75 Å². The number of carbonyl (C=O) groups excluding carboxylic acids is 2. The maximum atomic E-state index is 12.2. The number of hydrogen-bond acceptors (Lipinski definition) is 5. The Bertz CT molecular complexity index is 880. The van der Waals surface area contributed by atoms with Crippen molar-refractivity contribution in [2.24, 2.45) is 0 Å². The molecule has 6 heteroatoms. The van der Waals surface area contributed by atoms with Gasteiger partial charge in [0.25, 0.3) is 5.91 Å². The number of rotatable bonds is 8. The summed E-state index contributed by atoms with van der Waals surface area (Å²) < 4.78 is 5.11. The molecule has 0 unspecified atom stereocenters. The molecule has 0 fully saturated rings. The molecule has 6 nitrogen and oxygen atoms in total. The molecule has 1 amide bonds. The van der Waals surface area contributed by atoms with Gasteiger partial charge in [0.1, 0.15) is 17.4 Å². The van der Waals surface area contributed by atoms with Crippen LogP contribution in [-0.2, 0) is 11.2 Å². The maximum absolute atomic E-state index is 12.2. The largest absolute Gasteiger partial charge is 0.497 e. The third-order valence-corrected chi connectivity index (χ3v) is 3.86. The summed E-state index contributed by atoms with van der Waals surface area (Å²) in [5.41, 5.74) is 2.03. The zero-order valence-corrected chi connectivity index (χ0v) is 15.3. The first-order chi connectivity index (χ1) is 13.0. The first-order valence-electron chi connectivity index (χ1n) is 8.42. The molecule has 0 aromatic heterocycles. The molecule has 2 N–H and O–H groups in total. The van der Waals surface area contributed by atoms with E-state index >= 15 is 0 Å². The van der Waals surface area contributed by atoms with Crippen molar-refractivity contribution in [2.75, 3.05) is 19.0 Å². The minimum Gasteiger partial charge on any atom is -0.497 e. The molecule has 0 aliphatic rings. The van der Waals surface area contributed by atoms with Crippen LogP contribution in [0.15, 0.2) is 60.3 Å².